The molecule has 33 heavy (non-hydrogen) atoms. The molecule has 1 N–H and O–H groups in total. The number of nitrogens with zero attached hydrogens (tertiary/aromatic N) is 3. The topological polar surface area (TPSA) is 85.8 Å². The van der Waals surface area contributed by atoms with Gasteiger partial charge in [0.25, 0.3) is 0 Å². The van der Waals surface area contributed by atoms with Crippen LogP contribution in [0.3, 0.4) is 0 Å². The molecule has 9 heteroatoms. The number of rotatable bonds is 7. The summed E-state index contributed by atoms with van der Waals surface area (Å²) in [5.74, 6) is 1.15. The van der Waals surface area contributed by atoms with Gasteiger partial charge in [0.1, 0.15) is 23.2 Å². The molecule has 0 saturated carbocycles. The van der Waals surface area contributed by atoms with Gasteiger partial charge < -0.3 is 19.5 Å². The summed E-state index contributed by atoms with van der Waals surface area (Å²) >= 11 is 0. The van der Waals surface area contributed by atoms with Gasteiger partial charge in [0.05, 0.1) is 37.7 Å². The van der Waals surface area contributed by atoms with Crippen molar-refractivity contribution < 1.29 is 23.4 Å². The lowest BCUT2D eigenvalue weighted by Gasteiger charge is -2.14. The van der Waals surface area contributed by atoms with Gasteiger partial charge in [-0.1, -0.05) is 6.07 Å². The summed E-state index contributed by atoms with van der Waals surface area (Å²) < 4.78 is 30.5. The number of cyclic esters (lactones) is 1. The Labute approximate surface area is 190 Å². The monoisotopic (exact) mass is 452 g/mol. The molecule has 2 atom stereocenters. The molecule has 8 nitrogen and oxygen atoms in total. The van der Waals surface area contributed by atoms with Crippen LogP contribution in [-0.4, -0.2) is 55.5 Å². The van der Waals surface area contributed by atoms with Gasteiger partial charge in [0.15, 0.2) is 0 Å². The first-order valence-corrected chi connectivity index (χ1v) is 10.9. The highest BCUT2D eigenvalue weighted by Crippen LogP contribution is 2.39. The molecule has 172 valence electrons. The third kappa shape index (κ3) is 4.16. The molecule has 3 aromatic rings. The Bertz CT molecular complexity index is 1200. The van der Waals surface area contributed by atoms with E-state index in [1.165, 1.54) is 11.0 Å². The van der Waals surface area contributed by atoms with Gasteiger partial charge in [-0.05, 0) is 43.7 Å². The summed E-state index contributed by atoms with van der Waals surface area (Å²) in [5, 5.41) is 3.37. The Hall–Kier alpha value is -3.46. The van der Waals surface area contributed by atoms with Gasteiger partial charge in [-0.2, -0.15) is 0 Å². The fourth-order valence-corrected chi connectivity index (χ4v) is 4.30. The number of amides is 1. The maximum absolute atomic E-state index is 13.9. The predicted molar refractivity (Wildman–Crippen MR) is 121 cm³/mol. The van der Waals surface area contributed by atoms with E-state index in [4.69, 9.17) is 14.2 Å². The number of hydrogen-bond acceptors (Lipinski definition) is 7. The molecule has 1 saturated heterocycles. The summed E-state index contributed by atoms with van der Waals surface area (Å²) in [5.41, 5.74) is 3.72. The van der Waals surface area contributed by atoms with Gasteiger partial charge in [-0.15, -0.1) is 0 Å². The van der Waals surface area contributed by atoms with Crippen LogP contribution in [0.4, 0.5) is 14.9 Å². The minimum atomic E-state index is -0.456. The first kappa shape index (κ1) is 21.4. The van der Waals surface area contributed by atoms with E-state index < -0.39 is 6.09 Å². The van der Waals surface area contributed by atoms with Gasteiger partial charge in [0.2, 0.25) is 5.88 Å². The molecule has 0 bridgehead atoms. The minimum Gasteiger partial charge on any atom is -0.491 e. The van der Waals surface area contributed by atoms with E-state index in [1.54, 1.807) is 38.4 Å². The Kier molecular flexibility index (Phi) is 5.72. The number of methoxy groups -OCH3 is 1. The van der Waals surface area contributed by atoms with Crippen molar-refractivity contribution in [1.82, 2.24) is 15.3 Å². The summed E-state index contributed by atoms with van der Waals surface area (Å²) in [6.07, 6.45) is 1.82. The number of carbonyl (C=O) groups excluding carboxylic acids is 1. The van der Waals surface area contributed by atoms with Crippen LogP contribution in [0, 0.1) is 12.7 Å². The van der Waals surface area contributed by atoms with Crippen molar-refractivity contribution in [3.05, 3.63) is 53.5 Å². The highest BCUT2D eigenvalue weighted by atomic mass is 19.1. The zero-order valence-corrected chi connectivity index (χ0v) is 18.5. The molecule has 2 aliphatic rings. The summed E-state index contributed by atoms with van der Waals surface area (Å²) in [6.45, 7) is 3.87. The van der Waals surface area contributed by atoms with Crippen LogP contribution in [-0.2, 0) is 4.74 Å². The number of pyridine rings is 2. The van der Waals surface area contributed by atoms with Crippen LogP contribution >= 0.6 is 0 Å². The van der Waals surface area contributed by atoms with Crippen molar-refractivity contribution in [2.24, 2.45) is 0 Å². The molecule has 0 aliphatic carbocycles. The number of hydrogen-bond donors (Lipinski definition) is 1. The molecule has 0 spiro atoms. The first-order valence-electron chi connectivity index (χ1n) is 10.9. The van der Waals surface area contributed by atoms with Gasteiger partial charge in [-0.25, -0.2) is 14.2 Å². The standard InChI is InChI=1S/C24H25FN4O4/c1-14-3-4-16(9-18(14)25)29-12-17(33-24(29)30)10-26-8-7-15-13-32-20-11-27-19-5-6-21(31-2)28-23(19)22(15)20/h3-6,9,11,15,17,26H,7-8,10,12-13H2,1-2H3/t15-,17-/m1/s1. The molecular weight excluding hydrogens is 427 g/mol. The number of ether oxygens (including phenoxy) is 3. The van der Waals surface area contributed by atoms with E-state index in [1.807, 2.05) is 6.07 Å². The second kappa shape index (κ2) is 8.82. The number of carbonyl (C=O) groups is 1. The third-order valence-electron chi connectivity index (χ3n) is 6.13. The molecule has 0 radical (unpaired) electrons. The quantitative estimate of drug-likeness (QED) is 0.549. The number of aryl methyl sites for hydroxylation is 1. The van der Waals surface area contributed by atoms with Crippen LogP contribution < -0.4 is 19.7 Å². The summed E-state index contributed by atoms with van der Waals surface area (Å²) in [7, 11) is 1.59. The predicted octanol–water partition coefficient (Wildman–Crippen LogP) is 3.57. The largest absolute Gasteiger partial charge is 0.491 e. The highest BCUT2D eigenvalue weighted by Gasteiger charge is 2.33. The molecule has 2 aromatic heterocycles. The third-order valence-corrected chi connectivity index (χ3v) is 6.13. The fourth-order valence-electron chi connectivity index (χ4n) is 4.30. The number of halogens is 1. The Morgan fingerprint density at radius 3 is 3.00 bits per heavy atom. The number of nitrogens with one attached hydrogen (secondary N) is 1. The van der Waals surface area contributed by atoms with Crippen molar-refractivity contribution in [3.8, 4) is 11.6 Å². The zero-order chi connectivity index (χ0) is 22.9. The van der Waals surface area contributed by atoms with Crippen LogP contribution in [0.15, 0.2) is 36.5 Å². The molecule has 0 unspecified atom stereocenters. The van der Waals surface area contributed by atoms with E-state index >= 15 is 0 Å². The Morgan fingerprint density at radius 2 is 2.18 bits per heavy atom. The maximum atomic E-state index is 13.9. The van der Waals surface area contributed by atoms with E-state index in [9.17, 15) is 9.18 Å². The van der Waals surface area contributed by atoms with Crippen LogP contribution in [0.1, 0.15) is 23.5 Å². The van der Waals surface area contributed by atoms with Gasteiger partial charge >= 0.3 is 6.09 Å². The number of benzene rings is 1. The van der Waals surface area contributed by atoms with Crippen LogP contribution in [0.2, 0.25) is 0 Å². The number of fused-ring (bicyclic) bond motifs is 3. The smallest absolute Gasteiger partial charge is 0.414 e. The molecule has 1 amide bonds. The lowest BCUT2D eigenvalue weighted by atomic mass is 9.97. The van der Waals surface area contributed by atoms with E-state index in [-0.39, 0.29) is 17.8 Å². The van der Waals surface area contributed by atoms with Crippen LogP contribution in [0.5, 0.6) is 11.6 Å². The van der Waals surface area contributed by atoms with Crippen molar-refractivity contribution in [1.29, 1.82) is 0 Å². The number of anilines is 1. The molecule has 5 rings (SSSR count). The van der Waals surface area contributed by atoms with Crippen LogP contribution in [0.25, 0.3) is 11.0 Å². The van der Waals surface area contributed by atoms with Crippen molar-refractivity contribution in [2.75, 3.05) is 38.3 Å². The average molecular weight is 452 g/mol. The summed E-state index contributed by atoms with van der Waals surface area (Å²) in [6, 6.07) is 8.45. The Morgan fingerprint density at radius 1 is 1.30 bits per heavy atom. The average Bonchev–Trinajstić information content (AvgIpc) is 3.41. The van der Waals surface area contributed by atoms with Crippen molar-refractivity contribution in [3.63, 3.8) is 0 Å². The molecule has 1 aromatic carbocycles. The molecule has 4 heterocycles. The maximum Gasteiger partial charge on any atom is 0.414 e. The summed E-state index contributed by atoms with van der Waals surface area (Å²) in [4.78, 5) is 22.7. The molecule has 1 fully saturated rings. The highest BCUT2D eigenvalue weighted by molar-refractivity contribution is 5.89. The van der Waals surface area contributed by atoms with Crippen molar-refractivity contribution in [2.45, 2.75) is 25.4 Å². The second-order valence-corrected chi connectivity index (χ2v) is 8.31. The molecule has 2 aliphatic heterocycles. The lowest BCUT2D eigenvalue weighted by molar-refractivity contribution is 0.140. The zero-order valence-electron chi connectivity index (χ0n) is 18.5. The fraction of sp³-hybridized carbons (Fsp3) is 0.375. The van der Waals surface area contributed by atoms with Gasteiger partial charge in [0, 0.05) is 24.1 Å². The van der Waals surface area contributed by atoms with E-state index in [2.05, 4.69) is 15.3 Å². The van der Waals surface area contributed by atoms with E-state index in [0.717, 1.165) is 28.8 Å². The van der Waals surface area contributed by atoms with E-state index in [0.29, 0.717) is 43.4 Å². The normalized spacial score (nSPS) is 19.5. The second-order valence-electron chi connectivity index (χ2n) is 8.31. The SMILES string of the molecule is COc1ccc2ncc3c(c2n1)[C@H](CCNC[C@@H]1CN(c2ccc(C)c(F)c2)C(=O)O1)CO3. The van der Waals surface area contributed by atoms with Crippen molar-refractivity contribution >= 4 is 22.8 Å². The number of aromatic nitrogens is 2. The Balaban J connectivity index is 1.18. The van der Waals surface area contributed by atoms with Gasteiger partial charge in [-0.3, -0.25) is 9.88 Å². The lowest BCUT2D eigenvalue weighted by Crippen LogP contribution is -2.32. The molecular formula is C24H25FN4O4. The minimum absolute atomic E-state index is 0.177. The first-order chi connectivity index (χ1) is 16.0.